The molecule has 29 heavy (non-hydrogen) atoms. The summed E-state index contributed by atoms with van der Waals surface area (Å²) in [4.78, 5) is 40.6. The molecule has 0 spiro atoms. The number of nitrogens with one attached hydrogen (secondary N) is 1. The van der Waals surface area contributed by atoms with Crippen LogP contribution >= 0.6 is 0 Å². The van der Waals surface area contributed by atoms with Crippen LogP contribution in [0.5, 0.6) is 0 Å². The zero-order valence-corrected chi connectivity index (χ0v) is 18.2. The van der Waals surface area contributed by atoms with E-state index in [2.05, 4.69) is 4.98 Å². The Kier molecular flexibility index (Phi) is 6.45. The molecule has 0 amide bonds. The lowest BCUT2D eigenvalue weighted by Crippen LogP contribution is -2.60. The maximum absolute atomic E-state index is 13.3. The van der Waals surface area contributed by atoms with Crippen LogP contribution in [0.4, 0.5) is 0 Å². The van der Waals surface area contributed by atoms with E-state index in [1.807, 2.05) is 0 Å². The monoisotopic (exact) mass is 407 g/mol. The van der Waals surface area contributed by atoms with E-state index in [0.717, 1.165) is 9.13 Å². The minimum absolute atomic E-state index is 0.151. The van der Waals surface area contributed by atoms with Crippen LogP contribution < -0.4 is 17.1 Å². The van der Waals surface area contributed by atoms with Crippen LogP contribution in [0.25, 0.3) is 0 Å². The van der Waals surface area contributed by atoms with E-state index in [-0.39, 0.29) is 12.8 Å². The molecule has 1 aromatic rings. The highest BCUT2D eigenvalue weighted by atomic mass is 16.5. The SMILES string of the molecule is CC(C)(CC(C)(C)n1c(=O)[nH]c(=O)n(C(C)(C)CC(C)(C)OC#N)c1=O)OC#N. The van der Waals surface area contributed by atoms with Gasteiger partial charge in [-0.3, -0.25) is 4.98 Å². The molecule has 0 aliphatic heterocycles. The summed E-state index contributed by atoms with van der Waals surface area (Å²) >= 11 is 0. The fourth-order valence-electron chi connectivity index (χ4n) is 4.11. The van der Waals surface area contributed by atoms with Gasteiger partial charge in [0.25, 0.3) is 12.5 Å². The largest absolute Gasteiger partial charge is 0.421 e. The molecule has 0 saturated carbocycles. The average Bonchev–Trinajstić information content (AvgIpc) is 2.41. The summed E-state index contributed by atoms with van der Waals surface area (Å²) in [6.45, 7) is 13.3. The van der Waals surface area contributed by atoms with Crippen LogP contribution in [0.15, 0.2) is 14.4 Å². The number of hydrogen-bond donors (Lipinski definition) is 1. The predicted octanol–water partition coefficient (Wildman–Crippen LogP) is 1.50. The van der Waals surface area contributed by atoms with Gasteiger partial charge in [0.05, 0.1) is 11.1 Å². The van der Waals surface area contributed by atoms with Crippen molar-refractivity contribution < 1.29 is 9.47 Å². The quantitative estimate of drug-likeness (QED) is 0.643. The molecule has 0 unspecified atom stereocenters. The Balaban J connectivity index is 3.64. The highest BCUT2D eigenvalue weighted by Gasteiger charge is 2.38. The van der Waals surface area contributed by atoms with Crippen molar-refractivity contribution in [3.8, 4) is 12.5 Å². The van der Waals surface area contributed by atoms with Gasteiger partial charge in [-0.1, -0.05) is 0 Å². The lowest BCUT2D eigenvalue weighted by Gasteiger charge is -2.36. The van der Waals surface area contributed by atoms with Gasteiger partial charge in [-0.25, -0.2) is 23.5 Å². The van der Waals surface area contributed by atoms with E-state index in [9.17, 15) is 14.4 Å². The molecule has 1 heterocycles. The average molecular weight is 407 g/mol. The van der Waals surface area contributed by atoms with Crippen LogP contribution in [-0.4, -0.2) is 25.3 Å². The Hall–Kier alpha value is -3.01. The van der Waals surface area contributed by atoms with E-state index in [1.54, 1.807) is 67.9 Å². The summed E-state index contributed by atoms with van der Waals surface area (Å²) < 4.78 is 12.0. The fourth-order valence-corrected chi connectivity index (χ4v) is 4.11. The summed E-state index contributed by atoms with van der Waals surface area (Å²) in [5, 5.41) is 17.7. The zero-order chi connectivity index (χ0) is 22.8. The molecule has 1 N–H and O–H groups in total. The lowest BCUT2D eigenvalue weighted by molar-refractivity contribution is 0.0209. The molecule has 0 atom stereocenters. The lowest BCUT2D eigenvalue weighted by atomic mass is 9.88. The van der Waals surface area contributed by atoms with Crippen molar-refractivity contribution in [3.05, 3.63) is 31.5 Å². The van der Waals surface area contributed by atoms with Gasteiger partial charge in [-0.2, -0.15) is 10.5 Å². The van der Waals surface area contributed by atoms with Gasteiger partial charge in [0, 0.05) is 12.8 Å². The minimum Gasteiger partial charge on any atom is -0.421 e. The molecule has 0 fully saturated rings. The molecule has 0 radical (unpaired) electrons. The molecule has 1 aromatic heterocycles. The van der Waals surface area contributed by atoms with Crippen molar-refractivity contribution in [2.45, 2.75) is 90.5 Å². The molecule has 0 aromatic carbocycles. The van der Waals surface area contributed by atoms with Crippen molar-refractivity contribution >= 4 is 0 Å². The van der Waals surface area contributed by atoms with Crippen LogP contribution in [0, 0.1) is 23.0 Å². The van der Waals surface area contributed by atoms with Gasteiger partial charge >= 0.3 is 17.1 Å². The molecule has 1 rings (SSSR count). The third-order valence-corrected chi connectivity index (χ3v) is 4.57. The minimum atomic E-state index is -1.07. The first kappa shape index (κ1) is 24.0. The second-order valence-corrected chi connectivity index (χ2v) is 9.57. The fraction of sp³-hybridized carbons (Fsp3) is 0.737. The number of H-pyrrole nitrogens is 1. The highest BCUT2D eigenvalue weighted by molar-refractivity contribution is 4.95. The third-order valence-electron chi connectivity index (χ3n) is 4.57. The van der Waals surface area contributed by atoms with E-state index in [0.29, 0.717) is 0 Å². The summed E-state index contributed by atoms with van der Waals surface area (Å²) in [6.07, 6.45) is 3.55. The summed E-state index contributed by atoms with van der Waals surface area (Å²) in [5.41, 5.74) is -6.53. The van der Waals surface area contributed by atoms with E-state index in [1.165, 1.54) is 0 Å². The van der Waals surface area contributed by atoms with Crippen molar-refractivity contribution in [2.24, 2.45) is 0 Å². The number of hydrogen-bond acceptors (Lipinski definition) is 7. The maximum Gasteiger partial charge on any atom is 0.337 e. The first-order valence-corrected chi connectivity index (χ1v) is 9.13. The highest BCUT2D eigenvalue weighted by Crippen LogP contribution is 2.29. The third kappa shape index (κ3) is 5.50. The normalized spacial score (nSPS) is 12.8. The first-order chi connectivity index (χ1) is 13.0. The first-order valence-electron chi connectivity index (χ1n) is 9.13. The molecule has 0 aliphatic carbocycles. The molecule has 0 aliphatic rings. The Morgan fingerprint density at radius 2 is 1.07 bits per heavy atom. The summed E-state index contributed by atoms with van der Waals surface area (Å²) in [5.74, 6) is 0. The molecule has 0 saturated heterocycles. The van der Waals surface area contributed by atoms with Crippen molar-refractivity contribution in [1.82, 2.24) is 14.1 Å². The van der Waals surface area contributed by atoms with Gasteiger partial charge in [-0.15, -0.1) is 0 Å². The van der Waals surface area contributed by atoms with E-state index in [4.69, 9.17) is 20.0 Å². The second-order valence-electron chi connectivity index (χ2n) is 9.57. The van der Waals surface area contributed by atoms with Crippen LogP contribution in [0.3, 0.4) is 0 Å². The number of nitrogens with zero attached hydrogens (tertiary/aromatic N) is 4. The van der Waals surface area contributed by atoms with Crippen LogP contribution in [0.1, 0.15) is 68.2 Å². The number of rotatable bonds is 8. The van der Waals surface area contributed by atoms with Gasteiger partial charge in [-0.05, 0) is 55.4 Å². The van der Waals surface area contributed by atoms with Crippen LogP contribution in [0.2, 0.25) is 0 Å². The number of aromatic nitrogens is 3. The zero-order valence-electron chi connectivity index (χ0n) is 18.2. The Labute approximate surface area is 169 Å². The topological polar surface area (TPSA) is 143 Å². The Morgan fingerprint density at radius 3 is 1.34 bits per heavy atom. The van der Waals surface area contributed by atoms with E-state index >= 15 is 0 Å². The summed E-state index contributed by atoms with van der Waals surface area (Å²) in [7, 11) is 0. The number of nitriles is 2. The van der Waals surface area contributed by atoms with Crippen molar-refractivity contribution in [3.63, 3.8) is 0 Å². The van der Waals surface area contributed by atoms with Gasteiger partial charge in [0.15, 0.2) is 0 Å². The van der Waals surface area contributed by atoms with Gasteiger partial charge in [0.1, 0.15) is 11.2 Å². The Morgan fingerprint density at radius 1 is 0.759 bits per heavy atom. The number of aromatic amines is 1. The molecular weight excluding hydrogens is 378 g/mol. The standard InChI is InChI=1S/C19H29N5O5/c1-16(2,9-18(5,6)28-11-20)23-13(25)22-14(26)24(15(23)27)17(3,4)10-19(7,8)29-12-21/h9-10H2,1-8H3,(H,22,25,26). The van der Waals surface area contributed by atoms with Crippen molar-refractivity contribution in [1.29, 1.82) is 10.5 Å². The van der Waals surface area contributed by atoms with E-state index < -0.39 is 39.3 Å². The molecule has 160 valence electrons. The molecule has 0 bridgehead atoms. The second kappa shape index (κ2) is 7.78. The van der Waals surface area contributed by atoms with Gasteiger partial charge < -0.3 is 9.47 Å². The summed E-state index contributed by atoms with van der Waals surface area (Å²) in [6, 6.07) is 0. The molecular formula is C19H29N5O5. The maximum atomic E-state index is 13.3. The van der Waals surface area contributed by atoms with Crippen molar-refractivity contribution in [2.75, 3.05) is 0 Å². The Bertz CT molecular complexity index is 934. The predicted molar refractivity (Wildman–Crippen MR) is 105 cm³/mol. The van der Waals surface area contributed by atoms with Crippen LogP contribution in [-0.2, 0) is 20.6 Å². The molecule has 10 nitrogen and oxygen atoms in total. The smallest absolute Gasteiger partial charge is 0.337 e. The number of ether oxygens (including phenoxy) is 2. The van der Waals surface area contributed by atoms with Gasteiger partial charge in [0.2, 0.25) is 0 Å². The molecule has 10 heteroatoms.